The predicted molar refractivity (Wildman–Crippen MR) is 172 cm³/mol. The molecule has 0 amide bonds. The Kier molecular flexibility index (Phi) is 8.31. The highest BCUT2D eigenvalue weighted by molar-refractivity contribution is 7.07. The summed E-state index contributed by atoms with van der Waals surface area (Å²) >= 11 is 13.6. The molecule has 1 atom stereocenters. The van der Waals surface area contributed by atoms with Gasteiger partial charge in [-0.2, -0.15) is 0 Å². The summed E-state index contributed by atoms with van der Waals surface area (Å²) in [5.74, 6) is 1.89. The lowest BCUT2D eigenvalue weighted by Gasteiger charge is -2.22. The quantitative estimate of drug-likeness (QED) is 0.182. The first kappa shape index (κ1) is 29.7. The van der Waals surface area contributed by atoms with Gasteiger partial charge in [0.05, 0.1) is 21.7 Å². The molecule has 222 valence electrons. The Hall–Kier alpha value is -4.37. The van der Waals surface area contributed by atoms with Gasteiger partial charge in [-0.1, -0.05) is 70.9 Å². The summed E-state index contributed by atoms with van der Waals surface area (Å²) in [5, 5.41) is 0.821. The van der Waals surface area contributed by atoms with Crippen LogP contribution in [-0.4, -0.2) is 17.5 Å². The van der Waals surface area contributed by atoms with E-state index in [2.05, 4.69) is 4.99 Å². The van der Waals surface area contributed by atoms with Crippen molar-refractivity contribution in [1.29, 1.82) is 0 Å². The monoisotopic (exact) mass is 644 g/mol. The van der Waals surface area contributed by atoms with Crippen LogP contribution >= 0.6 is 34.5 Å². The minimum absolute atomic E-state index is 0.200. The molecule has 0 saturated heterocycles. The SMILES string of the molecule is COc1cc(/C=c2/sc3n(c2=O)[C@@H](c2ccc(-c4ccc(Cl)c(Cl)c4)o2)C(C(C)=O)=C(C)N=3)ccc1OCc1ccccc1. The summed E-state index contributed by atoms with van der Waals surface area (Å²) in [6.45, 7) is 3.63. The van der Waals surface area contributed by atoms with Gasteiger partial charge in [0.25, 0.3) is 5.56 Å². The predicted octanol–water partition coefficient (Wildman–Crippen LogP) is 6.98. The molecule has 3 aromatic carbocycles. The molecule has 0 fully saturated rings. The molecular formula is C34H26Cl2N2O5S. The van der Waals surface area contributed by atoms with Gasteiger partial charge >= 0.3 is 0 Å². The number of hydrogen-bond acceptors (Lipinski definition) is 7. The topological polar surface area (TPSA) is 83.0 Å². The number of methoxy groups -OCH3 is 1. The van der Waals surface area contributed by atoms with Crippen LogP contribution in [0, 0.1) is 0 Å². The molecule has 1 aliphatic rings. The van der Waals surface area contributed by atoms with Crippen LogP contribution in [-0.2, 0) is 11.4 Å². The minimum Gasteiger partial charge on any atom is -0.493 e. The maximum absolute atomic E-state index is 13.9. The van der Waals surface area contributed by atoms with E-state index in [1.165, 1.54) is 22.8 Å². The summed E-state index contributed by atoms with van der Waals surface area (Å²) in [6.07, 6.45) is 1.78. The zero-order valence-electron chi connectivity index (χ0n) is 24.0. The second kappa shape index (κ2) is 12.3. The van der Waals surface area contributed by atoms with Crippen molar-refractivity contribution in [2.45, 2.75) is 26.5 Å². The molecule has 0 radical (unpaired) electrons. The molecule has 0 bridgehead atoms. The molecule has 0 N–H and O–H groups in total. The lowest BCUT2D eigenvalue weighted by atomic mass is 9.98. The van der Waals surface area contributed by atoms with Gasteiger partial charge in [0, 0.05) is 16.8 Å². The van der Waals surface area contributed by atoms with E-state index in [0.717, 1.165) is 11.1 Å². The van der Waals surface area contributed by atoms with Crippen LogP contribution in [0.15, 0.2) is 104 Å². The van der Waals surface area contributed by atoms with E-state index in [1.54, 1.807) is 50.4 Å². The molecule has 44 heavy (non-hydrogen) atoms. The average molecular weight is 646 g/mol. The molecule has 6 rings (SSSR count). The average Bonchev–Trinajstić information content (AvgIpc) is 3.62. The number of carbonyl (C=O) groups excluding carboxylic acids is 1. The molecule has 2 aromatic heterocycles. The van der Waals surface area contributed by atoms with Crippen LogP contribution in [0.3, 0.4) is 0 Å². The van der Waals surface area contributed by atoms with E-state index in [-0.39, 0.29) is 11.3 Å². The second-order valence-electron chi connectivity index (χ2n) is 10.2. The van der Waals surface area contributed by atoms with Gasteiger partial charge in [-0.25, -0.2) is 4.99 Å². The minimum atomic E-state index is -0.786. The van der Waals surface area contributed by atoms with Crippen molar-refractivity contribution in [3.05, 3.63) is 137 Å². The van der Waals surface area contributed by atoms with Gasteiger partial charge in [0.15, 0.2) is 22.1 Å². The van der Waals surface area contributed by atoms with Gasteiger partial charge < -0.3 is 13.9 Å². The zero-order chi connectivity index (χ0) is 31.0. The smallest absolute Gasteiger partial charge is 0.271 e. The number of carbonyl (C=O) groups is 1. The number of aromatic nitrogens is 1. The highest BCUT2D eigenvalue weighted by atomic mass is 35.5. The number of furan rings is 1. The standard InChI is InChI=1S/C34H26Cl2N2O5S/c1-19-31(20(2)39)32(28-14-13-26(43-28)23-10-11-24(35)25(36)17-23)38-33(40)30(44-34(38)37-19)16-22-9-12-27(29(15-22)41-3)42-18-21-7-5-4-6-8-21/h4-17,32H,18H2,1-3H3/b30-16+/t32-/m0/s1. The van der Waals surface area contributed by atoms with E-state index in [4.69, 9.17) is 37.1 Å². The van der Waals surface area contributed by atoms with Crippen LogP contribution in [0.25, 0.3) is 17.4 Å². The first-order valence-electron chi connectivity index (χ1n) is 13.7. The molecule has 5 aromatic rings. The van der Waals surface area contributed by atoms with Crippen molar-refractivity contribution in [3.63, 3.8) is 0 Å². The Morgan fingerprint density at radius 3 is 2.55 bits per heavy atom. The third-order valence-corrected chi connectivity index (χ3v) is 8.95. The number of nitrogens with zero attached hydrogens (tertiary/aromatic N) is 2. The van der Waals surface area contributed by atoms with Crippen molar-refractivity contribution in [3.8, 4) is 22.8 Å². The lowest BCUT2D eigenvalue weighted by molar-refractivity contribution is -0.114. The summed E-state index contributed by atoms with van der Waals surface area (Å²) in [5.41, 5.74) is 3.13. The van der Waals surface area contributed by atoms with E-state index < -0.39 is 6.04 Å². The highest BCUT2D eigenvalue weighted by Gasteiger charge is 2.33. The molecule has 0 spiro atoms. The molecular weight excluding hydrogens is 619 g/mol. The van der Waals surface area contributed by atoms with Gasteiger partial charge in [0.1, 0.15) is 24.2 Å². The van der Waals surface area contributed by atoms with Crippen molar-refractivity contribution in [2.75, 3.05) is 7.11 Å². The number of rotatable bonds is 8. The van der Waals surface area contributed by atoms with E-state index in [0.29, 0.717) is 65.8 Å². The molecule has 0 unspecified atom stereocenters. The summed E-state index contributed by atoms with van der Waals surface area (Å²) in [4.78, 5) is 31.9. The van der Waals surface area contributed by atoms with Gasteiger partial charge in [-0.05, 0) is 73.5 Å². The van der Waals surface area contributed by atoms with E-state index in [9.17, 15) is 9.59 Å². The van der Waals surface area contributed by atoms with Crippen LogP contribution in [0.1, 0.15) is 36.8 Å². The van der Waals surface area contributed by atoms with Crippen molar-refractivity contribution < 1.29 is 18.7 Å². The van der Waals surface area contributed by atoms with Crippen LogP contribution in [0.4, 0.5) is 0 Å². The summed E-state index contributed by atoms with van der Waals surface area (Å²) in [6, 6.07) is 23.3. The molecule has 10 heteroatoms. The van der Waals surface area contributed by atoms with Crippen molar-refractivity contribution in [2.24, 2.45) is 4.99 Å². The van der Waals surface area contributed by atoms with Gasteiger partial charge in [-0.3, -0.25) is 14.2 Å². The number of hydrogen-bond donors (Lipinski definition) is 0. The fourth-order valence-corrected chi connectivity index (χ4v) is 6.47. The Bertz CT molecular complexity index is 2110. The third kappa shape index (κ3) is 5.76. The first-order chi connectivity index (χ1) is 21.2. The Morgan fingerprint density at radius 2 is 1.82 bits per heavy atom. The normalized spacial score (nSPS) is 14.8. The van der Waals surface area contributed by atoms with Crippen LogP contribution in [0.2, 0.25) is 10.0 Å². The molecule has 0 saturated carbocycles. The maximum atomic E-state index is 13.9. The second-order valence-corrected chi connectivity index (χ2v) is 12.0. The Morgan fingerprint density at radius 1 is 1.02 bits per heavy atom. The van der Waals surface area contributed by atoms with Crippen molar-refractivity contribution >= 4 is 46.4 Å². The molecule has 3 heterocycles. The third-order valence-electron chi connectivity index (χ3n) is 7.22. The van der Waals surface area contributed by atoms with Crippen molar-refractivity contribution in [1.82, 2.24) is 4.57 Å². The number of thiazole rings is 1. The largest absolute Gasteiger partial charge is 0.493 e. The van der Waals surface area contributed by atoms with Crippen LogP contribution < -0.4 is 24.4 Å². The molecule has 7 nitrogen and oxygen atoms in total. The zero-order valence-corrected chi connectivity index (χ0v) is 26.3. The highest BCUT2D eigenvalue weighted by Crippen LogP contribution is 2.35. The maximum Gasteiger partial charge on any atom is 0.271 e. The summed E-state index contributed by atoms with van der Waals surface area (Å²) in [7, 11) is 1.57. The number of benzene rings is 3. The number of halogens is 2. The number of fused-ring (bicyclic) bond motifs is 1. The number of ketones is 1. The van der Waals surface area contributed by atoms with E-state index >= 15 is 0 Å². The fraction of sp³-hybridized carbons (Fsp3) is 0.147. The number of allylic oxidation sites excluding steroid dienone is 2. The molecule has 0 aliphatic carbocycles. The number of ether oxygens (including phenoxy) is 2. The van der Waals surface area contributed by atoms with E-state index in [1.807, 2.05) is 48.5 Å². The van der Waals surface area contributed by atoms with Crippen LogP contribution in [0.5, 0.6) is 11.5 Å². The fourth-order valence-electron chi connectivity index (χ4n) is 5.12. The first-order valence-corrected chi connectivity index (χ1v) is 15.2. The van der Waals surface area contributed by atoms with Gasteiger partial charge in [0.2, 0.25) is 0 Å². The summed E-state index contributed by atoms with van der Waals surface area (Å²) < 4.78 is 19.8. The lowest BCUT2D eigenvalue weighted by Crippen LogP contribution is -2.39. The Balaban J connectivity index is 1.39. The number of Topliss-reactive ketones (excluding diaryl/α,β-unsaturated/α-hetero) is 1. The molecule has 1 aliphatic heterocycles. The van der Waals surface area contributed by atoms with Gasteiger partial charge in [-0.15, -0.1) is 0 Å². The Labute approximate surface area is 266 Å².